The Hall–Kier alpha value is -0.900. The predicted octanol–water partition coefficient (Wildman–Crippen LogP) is 5.07. The molecule has 0 fully saturated rings. The number of anilines is 1. The van der Waals surface area contributed by atoms with Crippen molar-refractivity contribution in [2.24, 2.45) is 0 Å². The van der Waals surface area contributed by atoms with Gasteiger partial charge in [-0.15, -0.1) is 0 Å². The van der Waals surface area contributed by atoms with Crippen molar-refractivity contribution in [3.05, 3.63) is 56.5 Å². The fourth-order valence-electron chi connectivity index (χ4n) is 1.53. The third-order valence-corrected chi connectivity index (χ3v) is 3.58. The maximum absolute atomic E-state index is 9.78. The minimum atomic E-state index is 0.0971. The number of phenols is 1. The van der Waals surface area contributed by atoms with Crippen LogP contribution in [-0.4, -0.2) is 5.11 Å². The molecule has 2 aromatic carbocycles. The van der Waals surface area contributed by atoms with Crippen LogP contribution >= 0.6 is 39.1 Å². The Morgan fingerprint density at radius 1 is 1.11 bits per heavy atom. The van der Waals surface area contributed by atoms with Crippen LogP contribution in [0.15, 0.2) is 40.9 Å². The zero-order valence-electron chi connectivity index (χ0n) is 9.25. The number of phenolic OH excluding ortho intramolecular Hbond substituents is 1. The molecular formula is C13H10BrCl2NO. The first-order valence-corrected chi connectivity index (χ1v) is 6.78. The van der Waals surface area contributed by atoms with Crippen molar-refractivity contribution in [1.29, 1.82) is 0 Å². The molecule has 0 aliphatic carbocycles. The summed E-state index contributed by atoms with van der Waals surface area (Å²) in [6, 6.07) is 10.8. The number of hydrogen-bond donors (Lipinski definition) is 2. The van der Waals surface area contributed by atoms with Crippen LogP contribution in [0.5, 0.6) is 5.75 Å². The van der Waals surface area contributed by atoms with Crippen LogP contribution in [0.25, 0.3) is 0 Å². The van der Waals surface area contributed by atoms with Crippen molar-refractivity contribution in [3.8, 4) is 5.75 Å². The van der Waals surface area contributed by atoms with Crippen LogP contribution in [0.3, 0.4) is 0 Å². The van der Waals surface area contributed by atoms with E-state index in [0.29, 0.717) is 16.6 Å². The first-order chi connectivity index (χ1) is 8.58. The number of aromatic hydroxyl groups is 1. The summed E-state index contributed by atoms with van der Waals surface area (Å²) in [6.45, 7) is 0.452. The minimum absolute atomic E-state index is 0.0971. The highest BCUT2D eigenvalue weighted by atomic mass is 79.9. The third-order valence-electron chi connectivity index (χ3n) is 2.47. The maximum atomic E-state index is 9.78. The first-order valence-electron chi connectivity index (χ1n) is 5.23. The molecule has 0 saturated carbocycles. The first kappa shape index (κ1) is 13.5. The monoisotopic (exact) mass is 345 g/mol. The maximum Gasteiger partial charge on any atom is 0.139 e. The van der Waals surface area contributed by atoms with Crippen LogP contribution in [0.4, 0.5) is 5.69 Å². The molecule has 0 heterocycles. The van der Waals surface area contributed by atoms with Crippen molar-refractivity contribution in [3.63, 3.8) is 0 Å². The average molecular weight is 347 g/mol. The van der Waals surface area contributed by atoms with E-state index in [4.69, 9.17) is 23.2 Å². The fraction of sp³-hybridized carbons (Fsp3) is 0.0769. The standard InChI is InChI=1S/C13H10BrCl2NO/c14-9-4-5-12(11(16)6-9)17-7-8-2-1-3-10(15)13(8)18/h1-6,17-18H,7H2. The highest BCUT2D eigenvalue weighted by Gasteiger charge is 2.06. The summed E-state index contributed by atoms with van der Waals surface area (Å²) >= 11 is 15.3. The average Bonchev–Trinajstić information content (AvgIpc) is 2.33. The Morgan fingerprint density at radius 2 is 1.89 bits per heavy atom. The van der Waals surface area contributed by atoms with E-state index >= 15 is 0 Å². The van der Waals surface area contributed by atoms with Crippen LogP contribution in [0.1, 0.15) is 5.56 Å². The third kappa shape index (κ3) is 3.10. The van der Waals surface area contributed by atoms with Crippen molar-refractivity contribution in [2.75, 3.05) is 5.32 Å². The molecule has 0 amide bonds. The Morgan fingerprint density at radius 3 is 2.61 bits per heavy atom. The molecule has 2 aromatic rings. The van der Waals surface area contributed by atoms with Gasteiger partial charge >= 0.3 is 0 Å². The van der Waals surface area contributed by atoms with E-state index in [1.54, 1.807) is 18.2 Å². The van der Waals surface area contributed by atoms with Crippen molar-refractivity contribution in [1.82, 2.24) is 0 Å². The topological polar surface area (TPSA) is 32.3 Å². The van der Waals surface area contributed by atoms with Gasteiger partial charge in [0.2, 0.25) is 0 Å². The number of para-hydroxylation sites is 1. The molecule has 2 N–H and O–H groups in total. The molecule has 0 spiro atoms. The second-order valence-electron chi connectivity index (χ2n) is 3.73. The summed E-state index contributed by atoms with van der Waals surface area (Å²) in [5.41, 5.74) is 1.53. The molecule has 0 aliphatic rings. The lowest BCUT2D eigenvalue weighted by molar-refractivity contribution is 0.469. The lowest BCUT2D eigenvalue weighted by Gasteiger charge is -2.10. The van der Waals surface area contributed by atoms with E-state index in [9.17, 15) is 5.11 Å². The molecule has 2 nitrogen and oxygen atoms in total. The lowest BCUT2D eigenvalue weighted by atomic mass is 10.2. The van der Waals surface area contributed by atoms with Gasteiger partial charge in [-0.2, -0.15) is 0 Å². The zero-order chi connectivity index (χ0) is 13.1. The molecule has 0 atom stereocenters. The van der Waals surface area contributed by atoms with Gasteiger partial charge in [-0.1, -0.05) is 51.3 Å². The van der Waals surface area contributed by atoms with Crippen molar-refractivity contribution >= 4 is 44.8 Å². The molecular weight excluding hydrogens is 337 g/mol. The van der Waals surface area contributed by atoms with Gasteiger partial charge in [0, 0.05) is 16.6 Å². The van der Waals surface area contributed by atoms with Gasteiger partial charge in [0.15, 0.2) is 0 Å². The number of rotatable bonds is 3. The zero-order valence-corrected chi connectivity index (χ0v) is 12.4. The van der Waals surface area contributed by atoms with Crippen LogP contribution < -0.4 is 5.32 Å². The fourth-order valence-corrected chi connectivity index (χ4v) is 2.46. The SMILES string of the molecule is Oc1c(Cl)cccc1CNc1ccc(Br)cc1Cl. The number of hydrogen-bond acceptors (Lipinski definition) is 2. The molecule has 0 unspecified atom stereocenters. The van der Waals surface area contributed by atoms with Gasteiger partial charge in [0.25, 0.3) is 0 Å². The number of benzene rings is 2. The predicted molar refractivity (Wildman–Crippen MR) is 79.6 cm³/mol. The van der Waals surface area contributed by atoms with Crippen LogP contribution in [0, 0.1) is 0 Å². The van der Waals surface area contributed by atoms with Gasteiger partial charge in [-0.25, -0.2) is 0 Å². The highest BCUT2D eigenvalue weighted by molar-refractivity contribution is 9.10. The van der Waals surface area contributed by atoms with Gasteiger partial charge < -0.3 is 10.4 Å². The Bertz CT molecular complexity index is 575. The Labute approximate surface area is 124 Å². The van der Waals surface area contributed by atoms with Gasteiger partial charge in [-0.3, -0.25) is 0 Å². The van der Waals surface area contributed by atoms with E-state index in [2.05, 4.69) is 21.2 Å². The van der Waals surface area contributed by atoms with Gasteiger partial charge in [0.05, 0.1) is 15.7 Å². The molecule has 0 aliphatic heterocycles. The van der Waals surface area contributed by atoms with Crippen LogP contribution in [-0.2, 0) is 6.54 Å². The molecule has 2 rings (SSSR count). The second-order valence-corrected chi connectivity index (χ2v) is 5.46. The largest absolute Gasteiger partial charge is 0.506 e. The van der Waals surface area contributed by atoms with Crippen LogP contribution in [0.2, 0.25) is 10.0 Å². The molecule has 94 valence electrons. The summed E-state index contributed by atoms with van der Waals surface area (Å²) in [4.78, 5) is 0. The quantitative estimate of drug-likeness (QED) is 0.812. The summed E-state index contributed by atoms with van der Waals surface area (Å²) in [7, 11) is 0. The minimum Gasteiger partial charge on any atom is -0.506 e. The summed E-state index contributed by atoms with van der Waals surface area (Å²) in [6.07, 6.45) is 0. The van der Waals surface area contributed by atoms with E-state index < -0.39 is 0 Å². The van der Waals surface area contributed by atoms with Crippen molar-refractivity contribution in [2.45, 2.75) is 6.54 Å². The Balaban J connectivity index is 2.14. The molecule has 5 heteroatoms. The van der Waals surface area contributed by atoms with E-state index in [-0.39, 0.29) is 5.75 Å². The molecule has 18 heavy (non-hydrogen) atoms. The van der Waals surface area contributed by atoms with Crippen molar-refractivity contribution < 1.29 is 5.11 Å². The molecule has 0 aromatic heterocycles. The van der Waals surface area contributed by atoms with Gasteiger partial charge in [-0.05, 0) is 24.3 Å². The normalized spacial score (nSPS) is 10.4. The lowest BCUT2D eigenvalue weighted by Crippen LogP contribution is -2.00. The summed E-state index contributed by atoms with van der Waals surface area (Å²) in [5.74, 6) is 0.0971. The van der Waals surface area contributed by atoms with E-state index in [1.165, 1.54) is 0 Å². The van der Waals surface area contributed by atoms with E-state index in [0.717, 1.165) is 15.7 Å². The summed E-state index contributed by atoms with van der Waals surface area (Å²) < 4.78 is 0.920. The van der Waals surface area contributed by atoms with Gasteiger partial charge in [0.1, 0.15) is 5.75 Å². The Kier molecular flexibility index (Phi) is 4.38. The second kappa shape index (κ2) is 5.83. The highest BCUT2D eigenvalue weighted by Crippen LogP contribution is 2.29. The smallest absolute Gasteiger partial charge is 0.139 e. The molecule has 0 saturated heterocycles. The number of halogens is 3. The molecule has 0 radical (unpaired) electrons. The molecule has 0 bridgehead atoms. The number of nitrogens with one attached hydrogen (secondary N) is 1. The van der Waals surface area contributed by atoms with E-state index in [1.807, 2.05) is 18.2 Å². The summed E-state index contributed by atoms with van der Waals surface area (Å²) in [5, 5.41) is 13.9.